The smallest absolute Gasteiger partial charge is 0.317 e. The Bertz CT molecular complexity index is 859. The van der Waals surface area contributed by atoms with E-state index in [0.29, 0.717) is 32.6 Å². The number of aromatic nitrogens is 2. The molecule has 3 heterocycles. The minimum Gasteiger partial charge on any atom is -0.376 e. The van der Waals surface area contributed by atoms with Gasteiger partial charge < -0.3 is 15.0 Å². The van der Waals surface area contributed by atoms with E-state index in [1.54, 1.807) is 11.0 Å². The van der Waals surface area contributed by atoms with Crippen LogP contribution in [-0.2, 0) is 24.2 Å². The van der Waals surface area contributed by atoms with Crippen molar-refractivity contribution in [2.75, 3.05) is 19.7 Å². The number of urea groups is 1. The summed E-state index contributed by atoms with van der Waals surface area (Å²) < 4.78 is 7.04. The molecule has 1 saturated heterocycles. The van der Waals surface area contributed by atoms with Crippen LogP contribution in [0, 0.1) is 0 Å². The van der Waals surface area contributed by atoms with Gasteiger partial charge in [-0.15, -0.1) is 0 Å². The Hall–Kier alpha value is -2.67. The summed E-state index contributed by atoms with van der Waals surface area (Å²) in [6.07, 6.45) is 2.82. The molecule has 2 aliphatic rings. The highest BCUT2D eigenvalue weighted by molar-refractivity contribution is 5.74. The van der Waals surface area contributed by atoms with Crippen molar-refractivity contribution < 1.29 is 9.53 Å². The summed E-state index contributed by atoms with van der Waals surface area (Å²) in [5.41, 5.74) is 2.63. The Morgan fingerprint density at radius 3 is 2.93 bits per heavy atom. The van der Waals surface area contributed by atoms with Crippen molar-refractivity contribution in [3.63, 3.8) is 0 Å². The first-order chi connectivity index (χ1) is 13.2. The molecule has 1 N–H and O–H groups in total. The first kappa shape index (κ1) is 17.7. The second-order valence-electron chi connectivity index (χ2n) is 7.09. The number of hydrogen-bond donors (Lipinski definition) is 1. The van der Waals surface area contributed by atoms with Crippen LogP contribution in [0.4, 0.5) is 4.79 Å². The van der Waals surface area contributed by atoms with Gasteiger partial charge in [-0.25, -0.2) is 9.48 Å². The third-order valence-electron chi connectivity index (χ3n) is 5.11. The van der Waals surface area contributed by atoms with Crippen molar-refractivity contribution in [1.29, 1.82) is 0 Å². The first-order valence-corrected chi connectivity index (χ1v) is 9.47. The Morgan fingerprint density at radius 1 is 1.30 bits per heavy atom. The second kappa shape index (κ2) is 7.92. The number of nitrogens with zero attached hydrogens (tertiary/aromatic N) is 3. The molecule has 7 heteroatoms. The Labute approximate surface area is 157 Å². The standard InChI is InChI=1S/C20H24N4O3/c25-19-11-16-14-23(20(26)21-12-17-7-4-10-27-17)9-8-18(16)22-24(19)13-15-5-2-1-3-6-15/h1-3,5-6,11,17H,4,7-10,12-14H2,(H,21,26)/t17-/m1/s1. The maximum atomic E-state index is 12.4. The summed E-state index contributed by atoms with van der Waals surface area (Å²) in [6, 6.07) is 11.3. The maximum Gasteiger partial charge on any atom is 0.317 e. The molecule has 1 aromatic heterocycles. The minimum atomic E-state index is -0.140. The van der Waals surface area contributed by atoms with Gasteiger partial charge in [0.25, 0.3) is 5.56 Å². The fourth-order valence-corrected chi connectivity index (χ4v) is 3.60. The topological polar surface area (TPSA) is 76.5 Å². The van der Waals surface area contributed by atoms with E-state index in [1.165, 1.54) is 4.68 Å². The molecule has 2 aromatic rings. The van der Waals surface area contributed by atoms with Crippen LogP contribution in [0.5, 0.6) is 0 Å². The molecule has 2 aliphatic heterocycles. The summed E-state index contributed by atoms with van der Waals surface area (Å²) in [4.78, 5) is 26.6. The minimum absolute atomic E-state index is 0.107. The Morgan fingerprint density at radius 2 is 2.15 bits per heavy atom. The zero-order chi connectivity index (χ0) is 18.6. The lowest BCUT2D eigenvalue weighted by molar-refractivity contribution is 0.108. The molecule has 142 valence electrons. The van der Waals surface area contributed by atoms with Crippen LogP contribution in [-0.4, -0.2) is 46.5 Å². The number of carbonyl (C=O) groups excluding carboxylic acids is 1. The Kier molecular flexibility index (Phi) is 5.20. The third-order valence-corrected chi connectivity index (χ3v) is 5.11. The van der Waals surface area contributed by atoms with Gasteiger partial charge in [-0.05, 0) is 18.4 Å². The lowest BCUT2D eigenvalue weighted by Crippen LogP contribution is -2.45. The van der Waals surface area contributed by atoms with Crippen LogP contribution >= 0.6 is 0 Å². The first-order valence-electron chi connectivity index (χ1n) is 9.47. The number of carbonyl (C=O) groups is 1. The molecule has 4 rings (SSSR count). The summed E-state index contributed by atoms with van der Waals surface area (Å²) in [6.45, 7) is 2.79. The zero-order valence-corrected chi connectivity index (χ0v) is 15.3. The average molecular weight is 368 g/mol. The average Bonchev–Trinajstić information content (AvgIpc) is 3.21. The molecule has 2 amide bonds. The molecule has 27 heavy (non-hydrogen) atoms. The van der Waals surface area contributed by atoms with E-state index in [-0.39, 0.29) is 17.7 Å². The SMILES string of the molecule is O=C(NC[C@H]1CCCO1)N1CCc2nn(Cc3ccccc3)c(=O)cc2C1. The molecule has 0 saturated carbocycles. The second-order valence-corrected chi connectivity index (χ2v) is 7.09. The normalized spacial score (nSPS) is 19.0. The van der Waals surface area contributed by atoms with Crippen LogP contribution in [0.2, 0.25) is 0 Å². The molecule has 1 fully saturated rings. The number of hydrogen-bond acceptors (Lipinski definition) is 4. The summed E-state index contributed by atoms with van der Waals surface area (Å²) >= 11 is 0. The quantitative estimate of drug-likeness (QED) is 0.888. The van der Waals surface area contributed by atoms with E-state index in [2.05, 4.69) is 10.4 Å². The van der Waals surface area contributed by atoms with Gasteiger partial charge in [0.1, 0.15) is 0 Å². The van der Waals surface area contributed by atoms with Crippen molar-refractivity contribution in [3.05, 3.63) is 63.6 Å². The van der Waals surface area contributed by atoms with Crippen molar-refractivity contribution >= 4 is 6.03 Å². The van der Waals surface area contributed by atoms with Crippen LogP contribution in [0.25, 0.3) is 0 Å². The zero-order valence-electron chi connectivity index (χ0n) is 15.3. The molecule has 0 radical (unpaired) electrons. The number of benzene rings is 1. The van der Waals surface area contributed by atoms with Crippen LogP contribution < -0.4 is 10.9 Å². The van der Waals surface area contributed by atoms with Crippen LogP contribution in [0.15, 0.2) is 41.2 Å². The largest absolute Gasteiger partial charge is 0.376 e. The molecular formula is C20H24N4O3. The molecule has 0 aliphatic carbocycles. The van der Waals surface area contributed by atoms with Gasteiger partial charge in [-0.1, -0.05) is 30.3 Å². The molecule has 1 atom stereocenters. The van der Waals surface area contributed by atoms with Gasteiger partial charge in [-0.3, -0.25) is 4.79 Å². The number of ether oxygens (including phenoxy) is 1. The number of fused-ring (bicyclic) bond motifs is 1. The highest BCUT2D eigenvalue weighted by Crippen LogP contribution is 2.16. The molecule has 0 bridgehead atoms. The lowest BCUT2D eigenvalue weighted by atomic mass is 10.1. The highest BCUT2D eigenvalue weighted by Gasteiger charge is 2.24. The Balaban J connectivity index is 1.41. The van der Waals surface area contributed by atoms with E-state index in [0.717, 1.165) is 36.3 Å². The van der Waals surface area contributed by atoms with Crippen LogP contribution in [0.3, 0.4) is 0 Å². The molecule has 1 aromatic carbocycles. The van der Waals surface area contributed by atoms with Gasteiger partial charge in [-0.2, -0.15) is 5.10 Å². The van der Waals surface area contributed by atoms with Gasteiger partial charge >= 0.3 is 6.03 Å². The third kappa shape index (κ3) is 4.19. The van der Waals surface area contributed by atoms with Crippen molar-refractivity contribution in [2.45, 2.75) is 38.5 Å². The molecule has 0 spiro atoms. The number of rotatable bonds is 4. The molecule has 7 nitrogen and oxygen atoms in total. The predicted octanol–water partition coefficient (Wildman–Crippen LogP) is 1.54. The molecule has 0 unspecified atom stereocenters. The van der Waals surface area contributed by atoms with Gasteiger partial charge in [0.2, 0.25) is 0 Å². The fraction of sp³-hybridized carbons (Fsp3) is 0.450. The summed E-state index contributed by atoms with van der Waals surface area (Å²) in [7, 11) is 0. The predicted molar refractivity (Wildman–Crippen MR) is 101 cm³/mol. The van der Waals surface area contributed by atoms with E-state index < -0.39 is 0 Å². The van der Waals surface area contributed by atoms with E-state index in [9.17, 15) is 9.59 Å². The number of amides is 2. The van der Waals surface area contributed by atoms with E-state index in [1.807, 2.05) is 30.3 Å². The monoisotopic (exact) mass is 368 g/mol. The lowest BCUT2D eigenvalue weighted by Gasteiger charge is -2.29. The van der Waals surface area contributed by atoms with E-state index in [4.69, 9.17) is 4.74 Å². The number of nitrogens with one attached hydrogen (secondary N) is 1. The van der Waals surface area contributed by atoms with Crippen molar-refractivity contribution in [2.24, 2.45) is 0 Å². The highest BCUT2D eigenvalue weighted by atomic mass is 16.5. The molecular weight excluding hydrogens is 344 g/mol. The van der Waals surface area contributed by atoms with Crippen LogP contribution in [0.1, 0.15) is 29.7 Å². The van der Waals surface area contributed by atoms with Gasteiger partial charge in [0.15, 0.2) is 0 Å². The summed E-state index contributed by atoms with van der Waals surface area (Å²) in [5, 5.41) is 7.48. The summed E-state index contributed by atoms with van der Waals surface area (Å²) in [5.74, 6) is 0. The van der Waals surface area contributed by atoms with Crippen molar-refractivity contribution in [3.8, 4) is 0 Å². The van der Waals surface area contributed by atoms with Crippen molar-refractivity contribution in [1.82, 2.24) is 20.0 Å². The fourth-order valence-electron chi connectivity index (χ4n) is 3.60. The maximum absolute atomic E-state index is 12.4. The van der Waals surface area contributed by atoms with Gasteiger partial charge in [0, 0.05) is 44.3 Å². The van der Waals surface area contributed by atoms with Gasteiger partial charge in [0.05, 0.1) is 18.3 Å². The van der Waals surface area contributed by atoms with E-state index >= 15 is 0 Å².